The minimum absolute atomic E-state index is 0.288. The lowest BCUT2D eigenvalue weighted by molar-refractivity contribution is -0.138. The molecule has 0 bridgehead atoms. The zero-order valence-electron chi connectivity index (χ0n) is 7.82. The quantitative estimate of drug-likeness (QED) is 0.635. The number of rotatable bonds is 2. The third kappa shape index (κ3) is 1.04. The third-order valence-corrected chi connectivity index (χ3v) is 2.48. The van der Waals surface area contributed by atoms with E-state index < -0.39 is 11.5 Å². The SMILES string of the molecule is CCOC12C=CC=CC1C(=O)NC2=O. The Bertz CT molecular complexity index is 345. The predicted octanol–water partition coefficient (Wildman–Crippen LogP) is 0.160. The van der Waals surface area contributed by atoms with E-state index in [-0.39, 0.29) is 11.8 Å². The van der Waals surface area contributed by atoms with E-state index in [1.165, 1.54) is 0 Å². The number of hydrogen-bond acceptors (Lipinski definition) is 3. The van der Waals surface area contributed by atoms with Crippen LogP contribution in [-0.2, 0) is 14.3 Å². The van der Waals surface area contributed by atoms with Crippen LogP contribution in [0.1, 0.15) is 6.92 Å². The van der Waals surface area contributed by atoms with E-state index in [9.17, 15) is 9.59 Å². The number of nitrogens with one attached hydrogen (secondary N) is 1. The van der Waals surface area contributed by atoms with Gasteiger partial charge in [-0.3, -0.25) is 14.9 Å². The molecule has 2 unspecified atom stereocenters. The molecule has 1 aliphatic heterocycles. The molecular weight excluding hydrogens is 182 g/mol. The molecule has 0 aromatic heterocycles. The highest BCUT2D eigenvalue weighted by Gasteiger charge is 2.54. The van der Waals surface area contributed by atoms with Gasteiger partial charge in [0.25, 0.3) is 5.91 Å². The second kappa shape index (κ2) is 3.06. The smallest absolute Gasteiger partial charge is 0.264 e. The van der Waals surface area contributed by atoms with Gasteiger partial charge in [0.05, 0.1) is 5.92 Å². The van der Waals surface area contributed by atoms with Crippen molar-refractivity contribution in [3.8, 4) is 0 Å². The van der Waals surface area contributed by atoms with Crippen molar-refractivity contribution in [3.05, 3.63) is 24.3 Å². The fourth-order valence-electron chi connectivity index (χ4n) is 1.85. The summed E-state index contributed by atoms with van der Waals surface area (Å²) in [6, 6.07) is 0. The Morgan fingerprint density at radius 2 is 2.29 bits per heavy atom. The summed E-state index contributed by atoms with van der Waals surface area (Å²) >= 11 is 0. The molecule has 4 nitrogen and oxygen atoms in total. The highest BCUT2D eigenvalue weighted by molar-refractivity contribution is 6.11. The Balaban J connectivity index is 2.42. The lowest BCUT2D eigenvalue weighted by Gasteiger charge is -2.27. The lowest BCUT2D eigenvalue weighted by Crippen LogP contribution is -2.43. The van der Waals surface area contributed by atoms with Crippen LogP contribution in [0.25, 0.3) is 0 Å². The van der Waals surface area contributed by atoms with E-state index in [4.69, 9.17) is 4.74 Å². The maximum absolute atomic E-state index is 11.6. The number of hydrogen-bond donors (Lipinski definition) is 1. The van der Waals surface area contributed by atoms with Gasteiger partial charge in [-0.25, -0.2) is 0 Å². The molecule has 1 fully saturated rings. The predicted molar refractivity (Wildman–Crippen MR) is 49.3 cm³/mol. The zero-order chi connectivity index (χ0) is 10.2. The van der Waals surface area contributed by atoms with Crippen LogP contribution in [0.15, 0.2) is 24.3 Å². The number of amides is 2. The maximum Gasteiger partial charge on any atom is 0.264 e. The van der Waals surface area contributed by atoms with Gasteiger partial charge in [0.1, 0.15) is 0 Å². The summed E-state index contributed by atoms with van der Waals surface area (Å²) in [4.78, 5) is 23.0. The Kier molecular flexibility index (Phi) is 2.00. The Labute approximate surface area is 81.6 Å². The van der Waals surface area contributed by atoms with Crippen LogP contribution in [0, 0.1) is 5.92 Å². The molecule has 74 valence electrons. The molecule has 1 saturated heterocycles. The van der Waals surface area contributed by atoms with E-state index in [2.05, 4.69) is 5.32 Å². The molecular formula is C10H11NO3. The van der Waals surface area contributed by atoms with Gasteiger partial charge < -0.3 is 4.74 Å². The van der Waals surface area contributed by atoms with Gasteiger partial charge in [-0.15, -0.1) is 0 Å². The molecule has 0 saturated carbocycles. The minimum atomic E-state index is -1.10. The highest BCUT2D eigenvalue weighted by Crippen LogP contribution is 2.33. The van der Waals surface area contributed by atoms with E-state index >= 15 is 0 Å². The number of ether oxygens (including phenoxy) is 1. The average Bonchev–Trinajstić information content (AvgIpc) is 2.41. The molecule has 2 atom stereocenters. The van der Waals surface area contributed by atoms with E-state index in [1.54, 1.807) is 31.2 Å². The zero-order valence-corrected chi connectivity index (χ0v) is 7.82. The van der Waals surface area contributed by atoms with Gasteiger partial charge >= 0.3 is 0 Å². The third-order valence-electron chi connectivity index (χ3n) is 2.48. The summed E-state index contributed by atoms with van der Waals surface area (Å²) in [6.07, 6.45) is 6.81. The van der Waals surface area contributed by atoms with Crippen LogP contribution in [0.2, 0.25) is 0 Å². The monoisotopic (exact) mass is 193 g/mol. The van der Waals surface area contributed by atoms with Gasteiger partial charge in [-0.1, -0.05) is 18.2 Å². The first-order valence-electron chi connectivity index (χ1n) is 4.56. The lowest BCUT2D eigenvalue weighted by atomic mass is 9.86. The van der Waals surface area contributed by atoms with E-state index in [1.807, 2.05) is 0 Å². The van der Waals surface area contributed by atoms with Crippen LogP contribution in [-0.4, -0.2) is 24.0 Å². The average molecular weight is 193 g/mol. The van der Waals surface area contributed by atoms with Crippen LogP contribution >= 0.6 is 0 Å². The van der Waals surface area contributed by atoms with Crippen molar-refractivity contribution >= 4 is 11.8 Å². The van der Waals surface area contributed by atoms with Crippen molar-refractivity contribution in [3.63, 3.8) is 0 Å². The standard InChI is InChI=1S/C10H11NO3/c1-2-14-10-6-4-3-5-7(10)8(12)11-9(10)13/h3-7H,2H2,1H3,(H,11,12,13). The second-order valence-corrected chi connectivity index (χ2v) is 3.27. The Morgan fingerprint density at radius 1 is 1.50 bits per heavy atom. The normalized spacial score (nSPS) is 34.5. The largest absolute Gasteiger partial charge is 0.360 e. The molecule has 2 amide bonds. The molecule has 1 N–H and O–H groups in total. The van der Waals surface area contributed by atoms with Crippen molar-refractivity contribution in [2.24, 2.45) is 5.92 Å². The molecule has 14 heavy (non-hydrogen) atoms. The molecule has 0 aromatic rings. The summed E-state index contributed by atoms with van der Waals surface area (Å²) in [6.45, 7) is 2.20. The van der Waals surface area contributed by atoms with Crippen LogP contribution in [0.3, 0.4) is 0 Å². The second-order valence-electron chi connectivity index (χ2n) is 3.27. The summed E-state index contributed by atoms with van der Waals surface area (Å²) in [5.41, 5.74) is -1.10. The fraction of sp³-hybridized carbons (Fsp3) is 0.400. The van der Waals surface area contributed by atoms with Crippen LogP contribution in [0.5, 0.6) is 0 Å². The molecule has 4 heteroatoms. The Hall–Kier alpha value is -1.42. The molecule has 2 aliphatic rings. The highest BCUT2D eigenvalue weighted by atomic mass is 16.5. The van der Waals surface area contributed by atoms with Crippen molar-refractivity contribution in [1.82, 2.24) is 5.32 Å². The summed E-state index contributed by atoms with van der Waals surface area (Å²) in [5, 5.41) is 2.28. The number of carbonyl (C=O) groups is 2. The van der Waals surface area contributed by atoms with Gasteiger partial charge in [0.2, 0.25) is 5.91 Å². The Morgan fingerprint density at radius 3 is 3.00 bits per heavy atom. The topological polar surface area (TPSA) is 55.4 Å². The van der Waals surface area contributed by atoms with Crippen molar-refractivity contribution in [2.45, 2.75) is 12.5 Å². The molecule has 0 aromatic carbocycles. The number of fused-ring (bicyclic) bond motifs is 1. The first-order valence-corrected chi connectivity index (χ1v) is 4.56. The van der Waals surface area contributed by atoms with Crippen LogP contribution in [0.4, 0.5) is 0 Å². The number of allylic oxidation sites excluding steroid dienone is 2. The molecule has 1 aliphatic carbocycles. The van der Waals surface area contributed by atoms with Crippen LogP contribution < -0.4 is 5.32 Å². The number of carbonyl (C=O) groups excluding carboxylic acids is 2. The first-order chi connectivity index (χ1) is 6.70. The van der Waals surface area contributed by atoms with Crippen molar-refractivity contribution in [2.75, 3.05) is 6.61 Å². The minimum Gasteiger partial charge on any atom is -0.360 e. The summed E-state index contributed by atoms with van der Waals surface area (Å²) in [5.74, 6) is -1.17. The maximum atomic E-state index is 11.6. The van der Waals surface area contributed by atoms with Crippen molar-refractivity contribution < 1.29 is 14.3 Å². The molecule has 0 radical (unpaired) electrons. The summed E-state index contributed by atoms with van der Waals surface area (Å²) in [7, 11) is 0. The van der Waals surface area contributed by atoms with Gasteiger partial charge in [0.15, 0.2) is 5.60 Å². The van der Waals surface area contributed by atoms with Crippen molar-refractivity contribution in [1.29, 1.82) is 0 Å². The summed E-state index contributed by atoms with van der Waals surface area (Å²) < 4.78 is 5.41. The first kappa shape index (κ1) is 9.15. The van der Waals surface area contributed by atoms with Gasteiger partial charge in [0, 0.05) is 6.61 Å². The molecule has 0 spiro atoms. The molecule has 1 heterocycles. The van der Waals surface area contributed by atoms with Gasteiger partial charge in [-0.2, -0.15) is 0 Å². The van der Waals surface area contributed by atoms with Gasteiger partial charge in [-0.05, 0) is 13.0 Å². The fourth-order valence-corrected chi connectivity index (χ4v) is 1.85. The van der Waals surface area contributed by atoms with E-state index in [0.29, 0.717) is 6.61 Å². The number of imide groups is 1. The van der Waals surface area contributed by atoms with E-state index in [0.717, 1.165) is 0 Å². The molecule has 2 rings (SSSR count).